The predicted octanol–water partition coefficient (Wildman–Crippen LogP) is 2.69. The number of carbonyl (C=O) groups is 1. The van der Waals surface area contributed by atoms with Gasteiger partial charge in [0.25, 0.3) is 0 Å². The topological polar surface area (TPSA) is 75.1 Å². The molecule has 0 aliphatic carbocycles. The summed E-state index contributed by atoms with van der Waals surface area (Å²) in [6.07, 6.45) is 0.730. The summed E-state index contributed by atoms with van der Waals surface area (Å²) in [4.78, 5) is 11.1. The predicted molar refractivity (Wildman–Crippen MR) is 66.6 cm³/mol. The van der Waals surface area contributed by atoms with Crippen LogP contribution in [-0.2, 0) is 4.79 Å². The number of halogens is 2. The SMILES string of the molecule is CC[C@@H](C)[C@@H](Nc1cc(Cl)nnc1Cl)C(=O)O. The lowest BCUT2D eigenvalue weighted by molar-refractivity contribution is -0.139. The lowest BCUT2D eigenvalue weighted by atomic mass is 9.99. The summed E-state index contributed by atoms with van der Waals surface area (Å²) in [5, 5.41) is 19.4. The zero-order valence-electron chi connectivity index (χ0n) is 9.44. The summed E-state index contributed by atoms with van der Waals surface area (Å²) in [5.41, 5.74) is 0.374. The highest BCUT2D eigenvalue weighted by Crippen LogP contribution is 2.23. The summed E-state index contributed by atoms with van der Waals surface area (Å²) in [6.45, 7) is 3.76. The average Bonchev–Trinajstić information content (AvgIpc) is 2.28. The van der Waals surface area contributed by atoms with Gasteiger partial charge in [-0.15, -0.1) is 10.2 Å². The molecule has 0 aliphatic rings. The van der Waals surface area contributed by atoms with Crippen molar-refractivity contribution in [3.05, 3.63) is 16.4 Å². The monoisotopic (exact) mass is 277 g/mol. The Labute approximate surface area is 109 Å². The van der Waals surface area contributed by atoms with Crippen LogP contribution in [0.1, 0.15) is 20.3 Å². The van der Waals surface area contributed by atoms with Crippen molar-refractivity contribution in [3.63, 3.8) is 0 Å². The quantitative estimate of drug-likeness (QED) is 0.866. The van der Waals surface area contributed by atoms with Crippen LogP contribution < -0.4 is 5.32 Å². The minimum Gasteiger partial charge on any atom is -0.480 e. The van der Waals surface area contributed by atoms with Crippen LogP contribution in [0, 0.1) is 5.92 Å². The molecule has 0 aromatic carbocycles. The molecule has 0 radical (unpaired) electrons. The average molecular weight is 278 g/mol. The number of carboxylic acids is 1. The van der Waals surface area contributed by atoms with Crippen LogP contribution in [0.4, 0.5) is 5.69 Å². The molecule has 2 N–H and O–H groups in total. The number of aromatic nitrogens is 2. The molecule has 0 saturated carbocycles. The highest BCUT2D eigenvalue weighted by molar-refractivity contribution is 6.33. The van der Waals surface area contributed by atoms with Gasteiger partial charge in [-0.3, -0.25) is 0 Å². The lowest BCUT2D eigenvalue weighted by Gasteiger charge is -2.21. The smallest absolute Gasteiger partial charge is 0.326 e. The van der Waals surface area contributed by atoms with Crippen LogP contribution in [0.2, 0.25) is 10.3 Å². The Bertz CT molecular complexity index is 415. The minimum absolute atomic E-state index is 0.0458. The third-order valence-electron chi connectivity index (χ3n) is 2.51. The van der Waals surface area contributed by atoms with Gasteiger partial charge in [-0.1, -0.05) is 43.5 Å². The molecule has 0 unspecified atom stereocenters. The summed E-state index contributed by atoms with van der Waals surface area (Å²) in [5.74, 6) is -0.987. The van der Waals surface area contributed by atoms with Gasteiger partial charge >= 0.3 is 5.97 Å². The van der Waals surface area contributed by atoms with Gasteiger partial charge < -0.3 is 10.4 Å². The van der Waals surface area contributed by atoms with Gasteiger partial charge in [-0.25, -0.2) is 4.79 Å². The summed E-state index contributed by atoms with van der Waals surface area (Å²) in [7, 11) is 0. The van der Waals surface area contributed by atoms with Crippen molar-refractivity contribution in [3.8, 4) is 0 Å². The Morgan fingerprint density at radius 2 is 2.18 bits per heavy atom. The first-order valence-corrected chi connectivity index (χ1v) is 5.89. The molecular formula is C10H13Cl2N3O2. The molecule has 1 rings (SSSR count). The first-order chi connectivity index (χ1) is 7.95. The van der Waals surface area contributed by atoms with E-state index < -0.39 is 12.0 Å². The summed E-state index contributed by atoms with van der Waals surface area (Å²) >= 11 is 11.5. The fourth-order valence-electron chi connectivity index (χ4n) is 1.30. The third kappa shape index (κ3) is 3.71. The van der Waals surface area contributed by atoms with Gasteiger partial charge in [0, 0.05) is 6.07 Å². The minimum atomic E-state index is -0.941. The second-order valence-corrected chi connectivity index (χ2v) is 4.46. The molecule has 17 heavy (non-hydrogen) atoms. The van der Waals surface area contributed by atoms with Crippen LogP contribution in [0.5, 0.6) is 0 Å². The molecular weight excluding hydrogens is 265 g/mol. The van der Waals surface area contributed by atoms with Crippen LogP contribution in [0.15, 0.2) is 6.07 Å². The van der Waals surface area contributed by atoms with Crippen molar-refractivity contribution < 1.29 is 9.90 Å². The maximum absolute atomic E-state index is 11.1. The van der Waals surface area contributed by atoms with E-state index in [1.807, 2.05) is 13.8 Å². The Morgan fingerprint density at radius 1 is 1.53 bits per heavy atom. The van der Waals surface area contributed by atoms with Gasteiger partial charge in [-0.2, -0.15) is 0 Å². The van der Waals surface area contributed by atoms with E-state index >= 15 is 0 Å². The van der Waals surface area contributed by atoms with Crippen LogP contribution in [0.3, 0.4) is 0 Å². The molecule has 0 saturated heterocycles. The molecule has 7 heteroatoms. The van der Waals surface area contributed by atoms with Gasteiger partial charge in [0.1, 0.15) is 6.04 Å². The number of aliphatic carboxylic acids is 1. The zero-order valence-corrected chi connectivity index (χ0v) is 11.0. The van der Waals surface area contributed by atoms with Gasteiger partial charge in [-0.05, 0) is 5.92 Å². The molecule has 1 aromatic rings. The molecule has 2 atom stereocenters. The van der Waals surface area contributed by atoms with E-state index in [4.69, 9.17) is 28.3 Å². The highest BCUT2D eigenvalue weighted by Gasteiger charge is 2.24. The largest absolute Gasteiger partial charge is 0.480 e. The zero-order chi connectivity index (χ0) is 13.0. The van der Waals surface area contributed by atoms with Crippen LogP contribution >= 0.6 is 23.2 Å². The van der Waals surface area contributed by atoms with E-state index in [1.54, 1.807) is 0 Å². The van der Waals surface area contributed by atoms with E-state index in [-0.39, 0.29) is 16.2 Å². The van der Waals surface area contributed by atoms with Crippen LogP contribution in [-0.4, -0.2) is 27.3 Å². The highest BCUT2D eigenvalue weighted by atomic mass is 35.5. The molecule has 5 nitrogen and oxygen atoms in total. The number of nitrogens with zero attached hydrogens (tertiary/aromatic N) is 2. The number of carboxylic acid groups (broad SMARTS) is 1. The van der Waals surface area contributed by atoms with Gasteiger partial charge in [0.05, 0.1) is 5.69 Å². The molecule has 0 amide bonds. The fraction of sp³-hybridized carbons (Fsp3) is 0.500. The number of rotatable bonds is 5. The van der Waals surface area contributed by atoms with Gasteiger partial charge in [0.2, 0.25) is 0 Å². The van der Waals surface area contributed by atoms with Crippen molar-refractivity contribution in [2.24, 2.45) is 5.92 Å². The standard InChI is InChI=1S/C10H13Cl2N3O2/c1-3-5(2)8(10(16)17)13-6-4-7(11)14-15-9(6)12/h4-5,8H,3H2,1-2H3,(H,13,14)(H,16,17)/t5-,8-/m1/s1. The fourth-order valence-corrected chi connectivity index (χ4v) is 1.60. The number of hydrogen-bond donors (Lipinski definition) is 2. The Morgan fingerprint density at radius 3 is 2.71 bits per heavy atom. The summed E-state index contributed by atoms with van der Waals surface area (Å²) < 4.78 is 0. The number of hydrogen-bond acceptors (Lipinski definition) is 4. The van der Waals surface area contributed by atoms with Crippen molar-refractivity contribution in [1.82, 2.24) is 10.2 Å². The normalized spacial score (nSPS) is 14.1. The maximum atomic E-state index is 11.1. The number of anilines is 1. The van der Waals surface area contributed by atoms with E-state index in [0.29, 0.717) is 5.69 Å². The Balaban J connectivity index is 2.93. The molecule has 0 spiro atoms. The van der Waals surface area contributed by atoms with Crippen molar-refractivity contribution in [2.45, 2.75) is 26.3 Å². The van der Waals surface area contributed by atoms with E-state index in [1.165, 1.54) is 6.07 Å². The van der Waals surface area contributed by atoms with E-state index in [2.05, 4.69) is 15.5 Å². The van der Waals surface area contributed by atoms with Crippen molar-refractivity contribution in [1.29, 1.82) is 0 Å². The molecule has 1 aromatic heterocycles. The van der Waals surface area contributed by atoms with Crippen molar-refractivity contribution in [2.75, 3.05) is 5.32 Å². The first-order valence-electron chi connectivity index (χ1n) is 5.13. The molecule has 94 valence electrons. The van der Waals surface area contributed by atoms with Crippen molar-refractivity contribution >= 4 is 34.9 Å². The maximum Gasteiger partial charge on any atom is 0.326 e. The first kappa shape index (κ1) is 14.0. The second-order valence-electron chi connectivity index (χ2n) is 3.72. The Kier molecular flexibility index (Phi) is 4.96. The molecule has 1 heterocycles. The lowest BCUT2D eigenvalue weighted by Crippen LogP contribution is -2.35. The third-order valence-corrected chi connectivity index (χ3v) is 2.97. The van der Waals surface area contributed by atoms with Crippen LogP contribution in [0.25, 0.3) is 0 Å². The van der Waals surface area contributed by atoms with E-state index in [0.717, 1.165) is 6.42 Å². The molecule has 0 aliphatic heterocycles. The Hall–Kier alpha value is -1.07. The molecule has 0 bridgehead atoms. The van der Waals surface area contributed by atoms with Gasteiger partial charge in [0.15, 0.2) is 10.3 Å². The summed E-state index contributed by atoms with van der Waals surface area (Å²) in [6, 6.07) is 0.715. The molecule has 0 fully saturated rings. The number of nitrogens with one attached hydrogen (secondary N) is 1. The second kappa shape index (κ2) is 6.02. The van der Waals surface area contributed by atoms with E-state index in [9.17, 15) is 4.79 Å².